The van der Waals surface area contributed by atoms with E-state index in [9.17, 15) is 19.2 Å². The third-order valence-electron chi connectivity index (χ3n) is 3.86. The molecule has 20 heavy (non-hydrogen) atoms. The van der Waals surface area contributed by atoms with E-state index in [1.54, 1.807) is 0 Å². The third kappa shape index (κ3) is 2.72. The summed E-state index contributed by atoms with van der Waals surface area (Å²) in [5.74, 6) is -1.23. The van der Waals surface area contributed by atoms with Gasteiger partial charge in [0.05, 0.1) is 18.5 Å². The highest BCUT2D eigenvalue weighted by Gasteiger charge is 2.42. The summed E-state index contributed by atoms with van der Waals surface area (Å²) in [6, 6.07) is -1.39. The van der Waals surface area contributed by atoms with Crippen LogP contribution in [-0.2, 0) is 19.2 Å². The lowest BCUT2D eigenvalue weighted by Gasteiger charge is -2.25. The molecular formula is C13H19N3O4. The van der Waals surface area contributed by atoms with Crippen LogP contribution in [-0.4, -0.2) is 46.7 Å². The SMILES string of the molecule is CCC(C)N1C(=O)CC(NC2CCC(=O)NC2=O)C1=O. The van der Waals surface area contributed by atoms with E-state index >= 15 is 0 Å². The van der Waals surface area contributed by atoms with Gasteiger partial charge in [-0.25, -0.2) is 0 Å². The zero-order valence-electron chi connectivity index (χ0n) is 11.6. The quantitative estimate of drug-likeness (QED) is 0.665. The molecule has 2 rings (SSSR count). The fourth-order valence-electron chi connectivity index (χ4n) is 2.52. The van der Waals surface area contributed by atoms with Gasteiger partial charge in [-0.1, -0.05) is 6.92 Å². The van der Waals surface area contributed by atoms with Crippen molar-refractivity contribution in [2.45, 2.75) is 57.7 Å². The Labute approximate surface area is 117 Å². The molecule has 3 atom stereocenters. The van der Waals surface area contributed by atoms with E-state index in [0.717, 1.165) is 0 Å². The molecule has 0 radical (unpaired) electrons. The van der Waals surface area contributed by atoms with Crippen LogP contribution in [0.2, 0.25) is 0 Å². The van der Waals surface area contributed by atoms with Crippen LogP contribution < -0.4 is 10.6 Å². The Morgan fingerprint density at radius 1 is 1.30 bits per heavy atom. The molecule has 2 aliphatic heterocycles. The molecule has 110 valence electrons. The van der Waals surface area contributed by atoms with Crippen LogP contribution in [0.4, 0.5) is 0 Å². The van der Waals surface area contributed by atoms with Gasteiger partial charge >= 0.3 is 0 Å². The van der Waals surface area contributed by atoms with Crippen LogP contribution in [0.25, 0.3) is 0 Å². The molecule has 0 bridgehead atoms. The number of piperidine rings is 1. The Hall–Kier alpha value is -1.76. The Morgan fingerprint density at radius 3 is 2.60 bits per heavy atom. The van der Waals surface area contributed by atoms with E-state index in [0.29, 0.717) is 12.8 Å². The topological polar surface area (TPSA) is 95.6 Å². The van der Waals surface area contributed by atoms with Crippen LogP contribution in [0.3, 0.4) is 0 Å². The van der Waals surface area contributed by atoms with Crippen molar-refractivity contribution in [2.75, 3.05) is 0 Å². The maximum atomic E-state index is 12.2. The van der Waals surface area contributed by atoms with Gasteiger partial charge in [-0.2, -0.15) is 0 Å². The molecule has 7 heteroatoms. The molecule has 0 aromatic rings. The second kappa shape index (κ2) is 5.70. The molecule has 2 fully saturated rings. The average molecular weight is 281 g/mol. The Morgan fingerprint density at radius 2 is 2.00 bits per heavy atom. The first-order valence-corrected chi connectivity index (χ1v) is 6.89. The lowest BCUT2D eigenvalue weighted by Crippen LogP contribution is -2.55. The summed E-state index contributed by atoms with van der Waals surface area (Å²) < 4.78 is 0. The average Bonchev–Trinajstić information content (AvgIpc) is 2.67. The summed E-state index contributed by atoms with van der Waals surface area (Å²) in [4.78, 5) is 48.1. The predicted octanol–water partition coefficient (Wildman–Crippen LogP) is -0.693. The zero-order chi connectivity index (χ0) is 14.9. The van der Waals surface area contributed by atoms with Crippen molar-refractivity contribution in [3.05, 3.63) is 0 Å². The number of nitrogens with one attached hydrogen (secondary N) is 2. The summed E-state index contributed by atoms with van der Waals surface area (Å²) in [6.07, 6.45) is 1.36. The van der Waals surface area contributed by atoms with E-state index in [4.69, 9.17) is 0 Å². The molecule has 0 spiro atoms. The van der Waals surface area contributed by atoms with Gasteiger partial charge in [0.25, 0.3) is 0 Å². The Kier molecular flexibility index (Phi) is 4.17. The normalized spacial score (nSPS) is 28.8. The van der Waals surface area contributed by atoms with E-state index in [1.807, 2.05) is 13.8 Å². The second-order valence-corrected chi connectivity index (χ2v) is 5.29. The van der Waals surface area contributed by atoms with Gasteiger partial charge in [0.2, 0.25) is 23.6 Å². The first kappa shape index (κ1) is 14.6. The van der Waals surface area contributed by atoms with Gasteiger partial charge in [0.15, 0.2) is 0 Å². The first-order chi connectivity index (χ1) is 9.43. The number of nitrogens with zero attached hydrogens (tertiary/aromatic N) is 1. The smallest absolute Gasteiger partial charge is 0.247 e. The van der Waals surface area contributed by atoms with E-state index in [2.05, 4.69) is 10.6 Å². The van der Waals surface area contributed by atoms with Crippen LogP contribution >= 0.6 is 0 Å². The van der Waals surface area contributed by atoms with Crippen molar-refractivity contribution in [3.8, 4) is 0 Å². The monoisotopic (exact) mass is 281 g/mol. The van der Waals surface area contributed by atoms with Crippen molar-refractivity contribution in [2.24, 2.45) is 0 Å². The third-order valence-corrected chi connectivity index (χ3v) is 3.86. The summed E-state index contributed by atoms with van der Waals surface area (Å²) >= 11 is 0. The minimum absolute atomic E-state index is 0.0703. The lowest BCUT2D eigenvalue weighted by atomic mass is 10.0. The van der Waals surface area contributed by atoms with Gasteiger partial charge in [-0.05, 0) is 19.8 Å². The molecule has 2 saturated heterocycles. The zero-order valence-corrected chi connectivity index (χ0v) is 11.6. The summed E-state index contributed by atoms with van der Waals surface area (Å²) in [6.45, 7) is 3.73. The van der Waals surface area contributed by atoms with Gasteiger partial charge < -0.3 is 0 Å². The number of hydrogen-bond donors (Lipinski definition) is 2. The number of hydrogen-bond acceptors (Lipinski definition) is 5. The summed E-state index contributed by atoms with van der Waals surface area (Å²) in [5, 5.41) is 5.13. The van der Waals surface area contributed by atoms with Crippen LogP contribution in [0, 0.1) is 0 Å². The minimum Gasteiger partial charge on any atom is -0.295 e. The van der Waals surface area contributed by atoms with Gasteiger partial charge in [-0.3, -0.25) is 34.7 Å². The molecule has 0 aromatic heterocycles. The van der Waals surface area contributed by atoms with Gasteiger partial charge in [-0.15, -0.1) is 0 Å². The van der Waals surface area contributed by atoms with E-state index in [1.165, 1.54) is 4.90 Å². The highest BCUT2D eigenvalue weighted by Crippen LogP contribution is 2.19. The molecule has 2 N–H and O–H groups in total. The van der Waals surface area contributed by atoms with Gasteiger partial charge in [0, 0.05) is 12.5 Å². The van der Waals surface area contributed by atoms with Crippen molar-refractivity contribution >= 4 is 23.6 Å². The predicted molar refractivity (Wildman–Crippen MR) is 69.3 cm³/mol. The molecule has 0 aromatic carbocycles. The van der Waals surface area contributed by atoms with Crippen molar-refractivity contribution < 1.29 is 19.2 Å². The maximum absolute atomic E-state index is 12.2. The summed E-state index contributed by atoms with van der Waals surface area (Å²) in [7, 11) is 0. The lowest BCUT2D eigenvalue weighted by molar-refractivity contribution is -0.141. The highest BCUT2D eigenvalue weighted by atomic mass is 16.2. The molecule has 2 heterocycles. The molecule has 7 nitrogen and oxygen atoms in total. The Balaban J connectivity index is 2.01. The fourth-order valence-corrected chi connectivity index (χ4v) is 2.52. The van der Waals surface area contributed by atoms with Crippen LogP contribution in [0.5, 0.6) is 0 Å². The minimum atomic E-state index is -0.666. The summed E-state index contributed by atoms with van der Waals surface area (Å²) in [5.41, 5.74) is 0. The second-order valence-electron chi connectivity index (χ2n) is 5.29. The molecule has 3 unspecified atom stereocenters. The molecule has 4 amide bonds. The number of carbonyl (C=O) groups excluding carboxylic acids is 4. The molecule has 2 aliphatic rings. The Bertz CT molecular complexity index is 463. The number of likely N-dealkylation sites (tertiary alicyclic amines) is 1. The van der Waals surface area contributed by atoms with Crippen molar-refractivity contribution in [3.63, 3.8) is 0 Å². The number of carbonyl (C=O) groups is 4. The molecule has 0 aliphatic carbocycles. The van der Waals surface area contributed by atoms with Crippen LogP contribution in [0.1, 0.15) is 39.5 Å². The molecular weight excluding hydrogens is 262 g/mol. The number of amides is 4. The van der Waals surface area contributed by atoms with E-state index in [-0.39, 0.29) is 36.6 Å². The number of rotatable bonds is 4. The molecule has 0 saturated carbocycles. The van der Waals surface area contributed by atoms with E-state index < -0.39 is 18.0 Å². The standard InChI is InChI=1S/C13H19N3O4/c1-3-7(2)16-11(18)6-9(13(16)20)14-8-4-5-10(17)15-12(8)19/h7-9,14H,3-6H2,1-2H3,(H,15,17,19). The maximum Gasteiger partial charge on any atom is 0.247 e. The fraction of sp³-hybridized carbons (Fsp3) is 0.692. The largest absolute Gasteiger partial charge is 0.295 e. The number of imide groups is 2. The van der Waals surface area contributed by atoms with Crippen molar-refractivity contribution in [1.29, 1.82) is 0 Å². The first-order valence-electron chi connectivity index (χ1n) is 6.89. The van der Waals surface area contributed by atoms with Crippen molar-refractivity contribution in [1.82, 2.24) is 15.5 Å². The highest BCUT2D eigenvalue weighted by molar-refractivity contribution is 6.06. The van der Waals surface area contributed by atoms with Gasteiger partial charge in [0.1, 0.15) is 0 Å². The van der Waals surface area contributed by atoms with Crippen LogP contribution in [0.15, 0.2) is 0 Å².